The van der Waals surface area contributed by atoms with Crippen LogP contribution in [-0.4, -0.2) is 39.4 Å². The lowest BCUT2D eigenvalue weighted by Gasteiger charge is -2.34. The number of nitrogens with zero attached hydrogens (tertiary/aromatic N) is 1. The molecule has 2 heterocycles. The lowest BCUT2D eigenvalue weighted by Crippen LogP contribution is -2.45. The molecule has 0 unspecified atom stereocenters. The van der Waals surface area contributed by atoms with Gasteiger partial charge in [0.05, 0.1) is 30.1 Å². The van der Waals surface area contributed by atoms with E-state index in [-0.39, 0.29) is 13.2 Å². The van der Waals surface area contributed by atoms with Gasteiger partial charge in [-0.05, 0) is 48.5 Å². The Hall–Kier alpha value is -4.85. The SMILES string of the molecule is C1=N\c2ccccc2OCC2(COc3ccccc3N/1)COc1ccccc1NCNc1ccccc1OC2. The minimum absolute atomic E-state index is 0.278. The first-order valence-electron chi connectivity index (χ1n) is 12.9. The van der Waals surface area contributed by atoms with Crippen molar-refractivity contribution in [3.63, 3.8) is 0 Å². The molecule has 0 amide bonds. The average Bonchev–Trinajstić information content (AvgIpc) is 2.97. The fourth-order valence-corrected chi connectivity index (χ4v) is 4.45. The van der Waals surface area contributed by atoms with Crippen LogP contribution in [0.1, 0.15) is 0 Å². The molecule has 39 heavy (non-hydrogen) atoms. The summed E-state index contributed by atoms with van der Waals surface area (Å²) >= 11 is 0. The Labute approximate surface area is 227 Å². The van der Waals surface area contributed by atoms with E-state index in [0.717, 1.165) is 34.2 Å². The molecule has 2 aliphatic rings. The maximum absolute atomic E-state index is 6.47. The van der Waals surface area contributed by atoms with E-state index < -0.39 is 5.41 Å². The van der Waals surface area contributed by atoms with Gasteiger partial charge in [0, 0.05) is 0 Å². The lowest BCUT2D eigenvalue weighted by atomic mass is 9.91. The zero-order chi connectivity index (χ0) is 26.3. The van der Waals surface area contributed by atoms with Crippen molar-refractivity contribution in [2.75, 3.05) is 49.0 Å². The molecule has 0 bridgehead atoms. The highest BCUT2D eigenvalue weighted by Crippen LogP contribution is 2.35. The molecule has 0 atom stereocenters. The smallest absolute Gasteiger partial charge is 0.144 e. The summed E-state index contributed by atoms with van der Waals surface area (Å²) in [6.45, 7) is 1.67. The quantitative estimate of drug-likeness (QED) is 0.255. The highest BCUT2D eigenvalue weighted by Gasteiger charge is 2.37. The van der Waals surface area contributed by atoms with Crippen LogP contribution in [-0.2, 0) is 0 Å². The molecule has 0 fully saturated rings. The van der Waals surface area contributed by atoms with Crippen LogP contribution < -0.4 is 34.9 Å². The van der Waals surface area contributed by atoms with Gasteiger partial charge in [-0.15, -0.1) is 0 Å². The number of rotatable bonds is 0. The predicted octanol–water partition coefficient (Wildman–Crippen LogP) is 6.17. The van der Waals surface area contributed by atoms with Crippen LogP contribution in [0.3, 0.4) is 0 Å². The van der Waals surface area contributed by atoms with E-state index in [1.807, 2.05) is 97.1 Å². The summed E-state index contributed by atoms with van der Waals surface area (Å²) in [5, 5.41) is 10.1. The summed E-state index contributed by atoms with van der Waals surface area (Å²) in [5.74, 6) is 2.85. The Kier molecular flexibility index (Phi) is 7.07. The van der Waals surface area contributed by atoms with Crippen molar-refractivity contribution in [1.82, 2.24) is 0 Å². The van der Waals surface area contributed by atoms with Gasteiger partial charge >= 0.3 is 0 Å². The third-order valence-corrected chi connectivity index (χ3v) is 6.64. The van der Waals surface area contributed by atoms with Crippen molar-refractivity contribution in [3.05, 3.63) is 97.1 Å². The number of aliphatic imine (C=N–C) groups is 1. The molecular weight excluding hydrogens is 492 g/mol. The van der Waals surface area contributed by atoms with Gasteiger partial charge in [-0.1, -0.05) is 48.5 Å². The number of benzene rings is 4. The predicted molar refractivity (Wildman–Crippen MR) is 154 cm³/mol. The molecule has 4 aromatic carbocycles. The normalized spacial score (nSPS) is 17.0. The molecule has 0 aromatic heterocycles. The summed E-state index contributed by atoms with van der Waals surface area (Å²) < 4.78 is 25.8. The van der Waals surface area contributed by atoms with E-state index in [2.05, 4.69) is 20.9 Å². The third-order valence-electron chi connectivity index (χ3n) is 6.64. The molecule has 3 N–H and O–H groups in total. The summed E-state index contributed by atoms with van der Waals surface area (Å²) in [4.78, 5) is 4.60. The van der Waals surface area contributed by atoms with Gasteiger partial charge in [0.1, 0.15) is 60.5 Å². The molecule has 0 aliphatic carbocycles. The Morgan fingerprint density at radius 2 is 0.949 bits per heavy atom. The number of nitrogens with one attached hydrogen (secondary N) is 3. The first-order valence-corrected chi connectivity index (χ1v) is 12.9. The Morgan fingerprint density at radius 3 is 1.54 bits per heavy atom. The number of hydrogen-bond acceptors (Lipinski definition) is 8. The minimum Gasteiger partial charge on any atom is -0.490 e. The molecule has 0 saturated carbocycles. The summed E-state index contributed by atoms with van der Waals surface area (Å²) in [7, 11) is 0. The zero-order valence-corrected chi connectivity index (χ0v) is 21.4. The number of hydrogen-bond donors (Lipinski definition) is 3. The minimum atomic E-state index is -0.692. The zero-order valence-electron chi connectivity index (χ0n) is 21.4. The Bertz CT molecular complexity index is 1410. The van der Waals surface area contributed by atoms with Gasteiger partial charge < -0.3 is 34.9 Å². The summed E-state index contributed by atoms with van der Waals surface area (Å²) in [5.41, 5.74) is 2.63. The van der Waals surface area contributed by atoms with E-state index in [9.17, 15) is 0 Å². The Morgan fingerprint density at radius 1 is 0.513 bits per heavy atom. The average molecular weight is 523 g/mol. The van der Waals surface area contributed by atoms with Gasteiger partial charge in [0.25, 0.3) is 0 Å². The molecular formula is C31H30N4O4. The number of fused-ring (bicyclic) bond motifs is 4. The van der Waals surface area contributed by atoms with E-state index in [1.165, 1.54) is 0 Å². The van der Waals surface area contributed by atoms with Crippen molar-refractivity contribution < 1.29 is 18.9 Å². The van der Waals surface area contributed by atoms with E-state index in [1.54, 1.807) is 6.34 Å². The van der Waals surface area contributed by atoms with Crippen LogP contribution in [0.25, 0.3) is 0 Å². The van der Waals surface area contributed by atoms with Crippen molar-refractivity contribution in [2.24, 2.45) is 10.4 Å². The monoisotopic (exact) mass is 522 g/mol. The topological polar surface area (TPSA) is 85.4 Å². The van der Waals surface area contributed by atoms with Gasteiger partial charge in [-0.2, -0.15) is 0 Å². The highest BCUT2D eigenvalue weighted by atomic mass is 16.5. The first kappa shape index (κ1) is 24.5. The third kappa shape index (κ3) is 5.70. The molecule has 8 heteroatoms. The van der Waals surface area contributed by atoms with Gasteiger partial charge in [-0.3, -0.25) is 0 Å². The van der Waals surface area contributed by atoms with E-state index in [4.69, 9.17) is 18.9 Å². The van der Waals surface area contributed by atoms with Crippen molar-refractivity contribution >= 4 is 29.1 Å². The van der Waals surface area contributed by atoms with Crippen LogP contribution in [0, 0.1) is 5.41 Å². The van der Waals surface area contributed by atoms with Crippen LogP contribution in [0.5, 0.6) is 23.0 Å². The largest absolute Gasteiger partial charge is 0.490 e. The van der Waals surface area contributed by atoms with E-state index in [0.29, 0.717) is 31.4 Å². The maximum atomic E-state index is 6.47. The second-order valence-electron chi connectivity index (χ2n) is 9.54. The van der Waals surface area contributed by atoms with E-state index >= 15 is 0 Å². The van der Waals surface area contributed by atoms with Crippen LogP contribution in [0.4, 0.5) is 22.7 Å². The molecule has 4 aromatic rings. The molecule has 0 saturated heterocycles. The van der Waals surface area contributed by atoms with Crippen molar-refractivity contribution in [3.8, 4) is 23.0 Å². The van der Waals surface area contributed by atoms with Gasteiger partial charge in [0.2, 0.25) is 0 Å². The number of ether oxygens (including phenoxy) is 4. The standard InChI is InChI=1S/C31H30N4O4/c1-5-13-27-23(9-1)32-21-33-24-10-2-6-14-28(24)37-18-31(17-36-27)19-38-29-15-7-3-11-25(29)34-22-35-26-12-4-8-16-30(26)39-20-31/h1-16,21,34-35H,17-20,22H2,(H,32,33). The van der Waals surface area contributed by atoms with Crippen LogP contribution in [0.15, 0.2) is 102 Å². The molecule has 8 nitrogen and oxygen atoms in total. The molecule has 198 valence electrons. The first-order chi connectivity index (χ1) is 19.3. The number of anilines is 3. The van der Waals surface area contributed by atoms with Crippen molar-refractivity contribution in [2.45, 2.75) is 0 Å². The fraction of sp³-hybridized carbons (Fsp3) is 0.194. The maximum Gasteiger partial charge on any atom is 0.144 e. The van der Waals surface area contributed by atoms with Gasteiger partial charge in [-0.25, -0.2) is 4.99 Å². The summed E-state index contributed by atoms with van der Waals surface area (Å²) in [6, 6.07) is 31.3. The second-order valence-corrected chi connectivity index (χ2v) is 9.54. The van der Waals surface area contributed by atoms with Crippen molar-refractivity contribution in [1.29, 1.82) is 0 Å². The van der Waals surface area contributed by atoms with Crippen LogP contribution in [0.2, 0.25) is 0 Å². The number of para-hydroxylation sites is 8. The lowest BCUT2D eigenvalue weighted by molar-refractivity contribution is -0.00291. The second kappa shape index (κ2) is 11.3. The summed E-state index contributed by atoms with van der Waals surface area (Å²) in [6.07, 6.45) is 1.65. The van der Waals surface area contributed by atoms with Gasteiger partial charge in [0.15, 0.2) is 0 Å². The Balaban J connectivity index is 1.41. The van der Waals surface area contributed by atoms with Crippen LogP contribution >= 0.6 is 0 Å². The fourth-order valence-electron chi connectivity index (χ4n) is 4.45. The highest BCUT2D eigenvalue weighted by molar-refractivity contribution is 5.81. The molecule has 2 aliphatic heterocycles. The molecule has 6 rings (SSSR count). The molecule has 0 radical (unpaired) electrons. The molecule has 1 spiro atoms.